The van der Waals surface area contributed by atoms with E-state index in [1.165, 1.54) is 12.1 Å². The average Bonchev–Trinajstić information content (AvgIpc) is 3.25. The molecular weight excluding hydrogens is 323 g/mol. The summed E-state index contributed by atoms with van der Waals surface area (Å²) in [6, 6.07) is 4.31. The number of hydrogen-bond acceptors (Lipinski definition) is 3. The lowest BCUT2D eigenvalue weighted by Crippen LogP contribution is -2.46. The lowest BCUT2D eigenvalue weighted by molar-refractivity contribution is -0.125. The molecule has 2 amide bonds. The van der Waals surface area contributed by atoms with E-state index in [1.807, 2.05) is 0 Å². The standard InChI is InChI=1S/C16H16ClFN2O3/c17-10-5-8(1-2-11(10)18)16(3-4-16)14(21)20-12-6-9-7-13(12)23-15(22)19-9/h1-2,5,9,12-13H,3-4,6-7H2,(H,19,22)(H,20,21)/t9-,12-,13-/m1/s1. The molecule has 1 aromatic rings. The topological polar surface area (TPSA) is 67.4 Å². The van der Waals surface area contributed by atoms with Gasteiger partial charge in [-0.15, -0.1) is 0 Å². The van der Waals surface area contributed by atoms with Crippen LogP contribution in [0.25, 0.3) is 0 Å². The first-order valence-corrected chi connectivity index (χ1v) is 8.09. The molecule has 5 nitrogen and oxygen atoms in total. The molecule has 1 aliphatic heterocycles. The van der Waals surface area contributed by atoms with E-state index >= 15 is 0 Å². The summed E-state index contributed by atoms with van der Waals surface area (Å²) in [7, 11) is 0. The maximum atomic E-state index is 13.3. The smallest absolute Gasteiger partial charge is 0.407 e. The Labute approximate surface area is 137 Å². The zero-order valence-corrected chi connectivity index (χ0v) is 13.0. The van der Waals surface area contributed by atoms with Crippen LogP contribution in [0.1, 0.15) is 31.2 Å². The van der Waals surface area contributed by atoms with E-state index in [9.17, 15) is 14.0 Å². The number of halogens is 2. The number of carbonyl (C=O) groups excluding carboxylic acids is 2. The number of hydrogen-bond donors (Lipinski definition) is 2. The van der Waals surface area contributed by atoms with Gasteiger partial charge in [-0.2, -0.15) is 0 Å². The third kappa shape index (κ3) is 2.45. The molecule has 0 radical (unpaired) electrons. The van der Waals surface area contributed by atoms with Gasteiger partial charge in [0.1, 0.15) is 11.9 Å². The van der Waals surface area contributed by atoms with E-state index < -0.39 is 17.3 Å². The quantitative estimate of drug-likeness (QED) is 0.888. The van der Waals surface area contributed by atoms with E-state index in [-0.39, 0.29) is 29.1 Å². The van der Waals surface area contributed by atoms with Crippen molar-refractivity contribution in [3.05, 3.63) is 34.6 Å². The zero-order valence-electron chi connectivity index (χ0n) is 12.3. The molecule has 7 heteroatoms. The first kappa shape index (κ1) is 14.8. The predicted molar refractivity (Wildman–Crippen MR) is 80.7 cm³/mol. The Morgan fingerprint density at radius 3 is 2.87 bits per heavy atom. The molecule has 3 fully saturated rings. The number of ether oxygens (including phenoxy) is 1. The monoisotopic (exact) mass is 338 g/mol. The molecular formula is C16H16ClFN2O3. The minimum atomic E-state index is -0.633. The van der Waals surface area contributed by atoms with E-state index in [2.05, 4.69) is 10.6 Å². The summed E-state index contributed by atoms with van der Waals surface area (Å²) in [5.41, 5.74) is 0.100. The van der Waals surface area contributed by atoms with E-state index in [4.69, 9.17) is 16.3 Å². The average molecular weight is 339 g/mol. The van der Waals surface area contributed by atoms with Gasteiger partial charge in [-0.1, -0.05) is 17.7 Å². The van der Waals surface area contributed by atoms with Crippen molar-refractivity contribution < 1.29 is 18.7 Å². The molecule has 3 atom stereocenters. The lowest BCUT2D eigenvalue weighted by Gasteiger charge is -2.24. The van der Waals surface area contributed by atoms with E-state index in [0.29, 0.717) is 25.7 Å². The van der Waals surface area contributed by atoms with Gasteiger partial charge in [0.2, 0.25) is 5.91 Å². The number of amides is 2. The lowest BCUT2D eigenvalue weighted by atomic mass is 9.94. The van der Waals surface area contributed by atoms with Gasteiger partial charge in [0, 0.05) is 12.5 Å². The highest BCUT2D eigenvalue weighted by Crippen LogP contribution is 2.49. The van der Waals surface area contributed by atoms with Crippen molar-refractivity contribution in [2.24, 2.45) is 0 Å². The fraction of sp³-hybridized carbons (Fsp3) is 0.500. The van der Waals surface area contributed by atoms with Gasteiger partial charge in [0.15, 0.2) is 0 Å². The molecule has 0 spiro atoms. The van der Waals surface area contributed by atoms with E-state index in [1.54, 1.807) is 6.07 Å². The van der Waals surface area contributed by atoms with Gasteiger partial charge in [0.25, 0.3) is 0 Å². The van der Waals surface area contributed by atoms with Crippen molar-refractivity contribution >= 4 is 23.6 Å². The normalized spacial score (nSPS) is 30.3. The second kappa shape index (κ2) is 5.09. The highest BCUT2D eigenvalue weighted by atomic mass is 35.5. The summed E-state index contributed by atoms with van der Waals surface area (Å²) in [4.78, 5) is 24.1. The summed E-state index contributed by atoms with van der Waals surface area (Å²) in [5, 5.41) is 5.78. The van der Waals surface area contributed by atoms with Crippen LogP contribution in [0.15, 0.2) is 18.2 Å². The zero-order chi connectivity index (χ0) is 16.2. The molecule has 2 bridgehead atoms. The van der Waals surface area contributed by atoms with Gasteiger partial charge in [-0.25, -0.2) is 9.18 Å². The third-order valence-corrected chi connectivity index (χ3v) is 5.35. The Morgan fingerprint density at radius 1 is 1.39 bits per heavy atom. The number of rotatable bonds is 3. The molecule has 4 rings (SSSR count). The van der Waals surface area contributed by atoms with Crippen LogP contribution in [0.5, 0.6) is 0 Å². The maximum Gasteiger partial charge on any atom is 0.407 e. The molecule has 1 aromatic carbocycles. The van der Waals surface area contributed by atoms with Gasteiger partial charge >= 0.3 is 6.09 Å². The highest BCUT2D eigenvalue weighted by molar-refractivity contribution is 6.30. The molecule has 3 aliphatic rings. The summed E-state index contributed by atoms with van der Waals surface area (Å²) >= 11 is 5.84. The van der Waals surface area contributed by atoms with Crippen molar-refractivity contribution in [1.29, 1.82) is 0 Å². The fourth-order valence-electron chi connectivity index (χ4n) is 3.61. The number of carbonyl (C=O) groups is 2. The Bertz CT molecular complexity index is 692. The van der Waals surface area contributed by atoms with Crippen LogP contribution in [-0.2, 0) is 14.9 Å². The first-order valence-electron chi connectivity index (χ1n) is 7.71. The minimum absolute atomic E-state index is 0.0245. The maximum absolute atomic E-state index is 13.3. The number of fused-ring (bicyclic) bond motifs is 2. The number of benzene rings is 1. The molecule has 122 valence electrons. The van der Waals surface area contributed by atoms with Crippen LogP contribution < -0.4 is 10.6 Å². The Morgan fingerprint density at radius 2 is 2.17 bits per heavy atom. The van der Waals surface area contributed by atoms with Crippen LogP contribution in [0.4, 0.5) is 9.18 Å². The van der Waals surface area contributed by atoms with Crippen LogP contribution >= 0.6 is 11.6 Å². The molecule has 2 saturated carbocycles. The fourth-order valence-corrected chi connectivity index (χ4v) is 3.79. The number of alkyl carbamates (subject to hydrolysis) is 1. The Hall–Kier alpha value is -1.82. The molecule has 1 heterocycles. The Kier molecular flexibility index (Phi) is 3.27. The van der Waals surface area contributed by atoms with Gasteiger partial charge in [-0.05, 0) is 37.0 Å². The van der Waals surface area contributed by atoms with Crippen LogP contribution in [-0.4, -0.2) is 30.2 Å². The van der Waals surface area contributed by atoms with Crippen molar-refractivity contribution in [1.82, 2.24) is 10.6 Å². The van der Waals surface area contributed by atoms with E-state index in [0.717, 1.165) is 5.56 Å². The van der Waals surface area contributed by atoms with Crippen molar-refractivity contribution in [2.45, 2.75) is 49.3 Å². The molecule has 1 saturated heterocycles. The summed E-state index contributed by atoms with van der Waals surface area (Å²) in [6.45, 7) is 0. The van der Waals surface area contributed by atoms with Crippen LogP contribution in [0.2, 0.25) is 5.02 Å². The first-order chi connectivity index (χ1) is 11.0. The largest absolute Gasteiger partial charge is 0.444 e. The highest BCUT2D eigenvalue weighted by Gasteiger charge is 2.53. The number of nitrogens with one attached hydrogen (secondary N) is 2. The molecule has 0 aromatic heterocycles. The summed E-state index contributed by atoms with van der Waals surface area (Å²) in [6.07, 6.45) is 2.10. The second-order valence-electron chi connectivity index (χ2n) is 6.55. The summed E-state index contributed by atoms with van der Waals surface area (Å²) < 4.78 is 18.6. The van der Waals surface area contributed by atoms with Crippen LogP contribution in [0, 0.1) is 5.82 Å². The summed E-state index contributed by atoms with van der Waals surface area (Å²) in [5.74, 6) is -0.594. The Balaban J connectivity index is 1.51. The molecule has 2 N–H and O–H groups in total. The second-order valence-corrected chi connectivity index (χ2v) is 6.95. The van der Waals surface area contributed by atoms with Crippen molar-refractivity contribution in [2.75, 3.05) is 0 Å². The van der Waals surface area contributed by atoms with Crippen molar-refractivity contribution in [3.8, 4) is 0 Å². The molecule has 2 aliphatic carbocycles. The minimum Gasteiger partial charge on any atom is -0.444 e. The van der Waals surface area contributed by atoms with Gasteiger partial charge in [0.05, 0.1) is 16.5 Å². The van der Waals surface area contributed by atoms with Crippen LogP contribution in [0.3, 0.4) is 0 Å². The van der Waals surface area contributed by atoms with Gasteiger partial charge in [-0.3, -0.25) is 4.79 Å². The third-order valence-electron chi connectivity index (χ3n) is 5.06. The molecule has 0 unspecified atom stereocenters. The SMILES string of the molecule is O=C1N[C@@H]2C[C@@H](NC(=O)C3(c4ccc(F)c(Cl)c4)CC3)[C@@H](C2)O1. The van der Waals surface area contributed by atoms with Gasteiger partial charge < -0.3 is 15.4 Å². The predicted octanol–water partition coefficient (Wildman–Crippen LogP) is 2.27. The molecule has 23 heavy (non-hydrogen) atoms. The van der Waals surface area contributed by atoms with Crippen molar-refractivity contribution in [3.63, 3.8) is 0 Å².